The minimum absolute atomic E-state index is 0.165. The van der Waals surface area contributed by atoms with Gasteiger partial charge in [0.05, 0.1) is 12.7 Å². The molecule has 1 fully saturated rings. The fourth-order valence-electron chi connectivity index (χ4n) is 2.00. The highest BCUT2D eigenvalue weighted by atomic mass is 16.5. The highest BCUT2D eigenvalue weighted by molar-refractivity contribution is 5.95. The first-order chi connectivity index (χ1) is 8.22. The molecule has 2 rings (SSSR count). The Balaban J connectivity index is 2.19. The summed E-state index contributed by atoms with van der Waals surface area (Å²) in [6.07, 6.45) is 6.04. The van der Waals surface area contributed by atoms with Crippen molar-refractivity contribution < 1.29 is 14.3 Å². The van der Waals surface area contributed by atoms with Crippen molar-refractivity contribution in [3.05, 3.63) is 17.8 Å². The monoisotopic (exact) mass is 236 g/mol. The van der Waals surface area contributed by atoms with Crippen LogP contribution in [0.4, 0.5) is 5.69 Å². The zero-order chi connectivity index (χ0) is 12.3. The van der Waals surface area contributed by atoms with Gasteiger partial charge in [-0.2, -0.15) is 0 Å². The molecule has 5 nitrogen and oxygen atoms in total. The number of ether oxygens (including phenoxy) is 2. The average Bonchev–Trinajstić information content (AvgIpc) is 2.84. The SMILES string of the molecule is COC(=O)c1ccnc(OC2CCCC2)c1N. The van der Waals surface area contributed by atoms with Crippen LogP contribution in [0.3, 0.4) is 0 Å². The van der Waals surface area contributed by atoms with Crippen molar-refractivity contribution in [2.45, 2.75) is 31.8 Å². The van der Waals surface area contributed by atoms with Gasteiger partial charge in [-0.15, -0.1) is 0 Å². The molecule has 92 valence electrons. The fourth-order valence-corrected chi connectivity index (χ4v) is 2.00. The standard InChI is InChI=1S/C12H16N2O3/c1-16-12(15)9-6-7-14-11(10(9)13)17-8-4-2-3-5-8/h6-8H,2-5,13H2,1H3. The summed E-state index contributed by atoms with van der Waals surface area (Å²) < 4.78 is 10.3. The first-order valence-corrected chi connectivity index (χ1v) is 5.72. The maximum atomic E-state index is 11.4. The number of pyridine rings is 1. The molecule has 0 radical (unpaired) electrons. The van der Waals surface area contributed by atoms with E-state index >= 15 is 0 Å². The number of nitrogens with two attached hydrogens (primary N) is 1. The first-order valence-electron chi connectivity index (χ1n) is 5.72. The van der Waals surface area contributed by atoms with Crippen LogP contribution in [-0.2, 0) is 4.74 Å². The van der Waals surface area contributed by atoms with Crippen molar-refractivity contribution in [1.82, 2.24) is 4.98 Å². The molecule has 1 heterocycles. The molecular weight excluding hydrogens is 220 g/mol. The van der Waals surface area contributed by atoms with E-state index in [9.17, 15) is 4.79 Å². The lowest BCUT2D eigenvalue weighted by Crippen LogP contribution is -2.15. The number of carbonyl (C=O) groups is 1. The quantitative estimate of drug-likeness (QED) is 0.809. The van der Waals surface area contributed by atoms with E-state index in [0.717, 1.165) is 12.8 Å². The summed E-state index contributed by atoms with van der Waals surface area (Å²) in [7, 11) is 1.32. The van der Waals surface area contributed by atoms with E-state index in [1.165, 1.54) is 32.2 Å². The third-order valence-corrected chi connectivity index (χ3v) is 2.94. The number of rotatable bonds is 3. The minimum Gasteiger partial charge on any atom is -0.473 e. The third kappa shape index (κ3) is 2.49. The predicted molar refractivity (Wildman–Crippen MR) is 62.9 cm³/mol. The highest BCUT2D eigenvalue weighted by Gasteiger charge is 2.20. The molecular formula is C12H16N2O3. The van der Waals surface area contributed by atoms with Crippen molar-refractivity contribution in [2.75, 3.05) is 12.8 Å². The molecule has 1 aliphatic carbocycles. The van der Waals surface area contributed by atoms with Gasteiger partial charge in [-0.25, -0.2) is 9.78 Å². The predicted octanol–water partition coefficient (Wildman–Crippen LogP) is 1.77. The van der Waals surface area contributed by atoms with E-state index in [1.54, 1.807) is 0 Å². The molecule has 17 heavy (non-hydrogen) atoms. The number of aromatic nitrogens is 1. The van der Waals surface area contributed by atoms with Crippen LogP contribution in [0.2, 0.25) is 0 Å². The number of hydrogen-bond acceptors (Lipinski definition) is 5. The third-order valence-electron chi connectivity index (χ3n) is 2.94. The molecule has 1 aliphatic rings. The first kappa shape index (κ1) is 11.7. The summed E-state index contributed by atoms with van der Waals surface area (Å²) >= 11 is 0. The Kier molecular flexibility index (Phi) is 3.46. The number of methoxy groups -OCH3 is 1. The normalized spacial score (nSPS) is 15.8. The molecule has 1 saturated carbocycles. The second-order valence-corrected chi connectivity index (χ2v) is 4.09. The van der Waals surface area contributed by atoms with Crippen LogP contribution < -0.4 is 10.5 Å². The van der Waals surface area contributed by atoms with Gasteiger partial charge in [-0.1, -0.05) is 0 Å². The van der Waals surface area contributed by atoms with Crippen molar-refractivity contribution in [2.24, 2.45) is 0 Å². The highest BCUT2D eigenvalue weighted by Crippen LogP contribution is 2.28. The average molecular weight is 236 g/mol. The Morgan fingerprint density at radius 1 is 1.47 bits per heavy atom. The largest absolute Gasteiger partial charge is 0.473 e. The second-order valence-electron chi connectivity index (χ2n) is 4.09. The molecule has 0 unspecified atom stereocenters. The van der Waals surface area contributed by atoms with Gasteiger partial charge in [-0.3, -0.25) is 0 Å². The summed E-state index contributed by atoms with van der Waals surface area (Å²) in [5.74, 6) is -0.138. The molecule has 0 atom stereocenters. The molecule has 0 aromatic carbocycles. The maximum Gasteiger partial charge on any atom is 0.340 e. The van der Waals surface area contributed by atoms with Gasteiger partial charge in [0, 0.05) is 6.20 Å². The van der Waals surface area contributed by atoms with Crippen molar-refractivity contribution in [1.29, 1.82) is 0 Å². The van der Waals surface area contributed by atoms with Crippen LogP contribution in [0.5, 0.6) is 5.88 Å². The molecule has 1 aromatic rings. The number of anilines is 1. The molecule has 0 saturated heterocycles. The number of esters is 1. The summed E-state index contributed by atoms with van der Waals surface area (Å²) in [4.78, 5) is 15.5. The number of hydrogen-bond donors (Lipinski definition) is 1. The van der Waals surface area contributed by atoms with Crippen molar-refractivity contribution >= 4 is 11.7 Å². The Labute approximate surface area is 99.9 Å². The Morgan fingerprint density at radius 3 is 2.82 bits per heavy atom. The lowest BCUT2D eigenvalue weighted by Gasteiger charge is -2.14. The van der Waals surface area contributed by atoms with Crippen molar-refractivity contribution in [3.8, 4) is 5.88 Å². The lowest BCUT2D eigenvalue weighted by atomic mass is 10.2. The molecule has 0 bridgehead atoms. The van der Waals surface area contributed by atoms with Crippen LogP contribution in [0.15, 0.2) is 12.3 Å². The summed E-state index contributed by atoms with van der Waals surface area (Å²) in [5.41, 5.74) is 6.41. The molecule has 0 aliphatic heterocycles. The van der Waals surface area contributed by atoms with Gasteiger partial charge in [0.1, 0.15) is 11.8 Å². The molecule has 2 N–H and O–H groups in total. The molecule has 0 spiro atoms. The zero-order valence-electron chi connectivity index (χ0n) is 9.81. The smallest absolute Gasteiger partial charge is 0.340 e. The minimum atomic E-state index is -0.471. The molecule has 5 heteroatoms. The Morgan fingerprint density at radius 2 is 2.18 bits per heavy atom. The van der Waals surface area contributed by atoms with Gasteiger partial charge >= 0.3 is 5.97 Å². The topological polar surface area (TPSA) is 74.4 Å². The lowest BCUT2D eigenvalue weighted by molar-refractivity contribution is 0.0601. The van der Waals surface area contributed by atoms with E-state index in [2.05, 4.69) is 9.72 Å². The van der Waals surface area contributed by atoms with Crippen LogP contribution in [-0.4, -0.2) is 24.2 Å². The van der Waals surface area contributed by atoms with Gasteiger partial charge in [0.25, 0.3) is 0 Å². The summed E-state index contributed by atoms with van der Waals surface area (Å²) in [5, 5.41) is 0. The van der Waals surface area contributed by atoms with Gasteiger partial charge in [0.15, 0.2) is 0 Å². The zero-order valence-corrected chi connectivity index (χ0v) is 9.81. The Bertz CT molecular complexity index is 414. The van der Waals surface area contributed by atoms with E-state index in [-0.39, 0.29) is 11.8 Å². The summed E-state index contributed by atoms with van der Waals surface area (Å²) in [6.45, 7) is 0. The number of nitrogens with zero attached hydrogens (tertiary/aromatic N) is 1. The van der Waals surface area contributed by atoms with E-state index < -0.39 is 5.97 Å². The molecule has 1 aromatic heterocycles. The van der Waals surface area contributed by atoms with Crippen LogP contribution in [0.1, 0.15) is 36.0 Å². The Hall–Kier alpha value is -1.78. The molecule has 0 amide bonds. The van der Waals surface area contributed by atoms with Crippen LogP contribution >= 0.6 is 0 Å². The summed E-state index contributed by atoms with van der Waals surface area (Å²) in [6, 6.07) is 1.53. The maximum absolute atomic E-state index is 11.4. The van der Waals surface area contributed by atoms with E-state index in [0.29, 0.717) is 11.4 Å². The van der Waals surface area contributed by atoms with Crippen molar-refractivity contribution in [3.63, 3.8) is 0 Å². The van der Waals surface area contributed by atoms with Crippen LogP contribution in [0, 0.1) is 0 Å². The fraction of sp³-hybridized carbons (Fsp3) is 0.500. The van der Waals surface area contributed by atoms with Gasteiger partial charge in [-0.05, 0) is 31.7 Å². The number of carbonyl (C=O) groups excluding carboxylic acids is 1. The second kappa shape index (κ2) is 5.03. The number of nitrogen functional groups attached to an aromatic ring is 1. The van der Waals surface area contributed by atoms with Gasteiger partial charge in [0.2, 0.25) is 5.88 Å². The van der Waals surface area contributed by atoms with Crippen LogP contribution in [0.25, 0.3) is 0 Å². The van der Waals surface area contributed by atoms with E-state index in [1.807, 2.05) is 0 Å². The van der Waals surface area contributed by atoms with E-state index in [4.69, 9.17) is 10.5 Å². The van der Waals surface area contributed by atoms with Gasteiger partial charge < -0.3 is 15.2 Å².